The van der Waals surface area contributed by atoms with Gasteiger partial charge >= 0.3 is 0 Å². The van der Waals surface area contributed by atoms with Crippen LogP contribution in [0.3, 0.4) is 0 Å². The van der Waals surface area contributed by atoms with E-state index in [0.29, 0.717) is 6.04 Å². The molecule has 0 atom stereocenters. The van der Waals surface area contributed by atoms with Gasteiger partial charge in [-0.05, 0) is 33.0 Å². The summed E-state index contributed by atoms with van der Waals surface area (Å²) in [6, 6.07) is 0.634. The Balaban J connectivity index is 0.000000162. The number of nitrogens with one attached hydrogen (secondary N) is 2. The Labute approximate surface area is 64.4 Å². The van der Waals surface area contributed by atoms with Gasteiger partial charge in [0.1, 0.15) is 0 Å². The van der Waals surface area contributed by atoms with E-state index >= 15 is 0 Å². The van der Waals surface area contributed by atoms with Crippen LogP contribution in [0, 0.1) is 0 Å². The standard InChI is InChI=1S/C4H9N.C4H11N/c1-2-4-5-3-1;1-4(2)5-3/h5H,1-4H2;4-5H,1-3H3. The SMILES string of the molecule is C1CCNC1.CNC(C)C. The fraction of sp³-hybridized carbons (Fsp3) is 1.00. The van der Waals surface area contributed by atoms with Gasteiger partial charge in [-0.2, -0.15) is 0 Å². The molecule has 2 N–H and O–H groups in total. The van der Waals surface area contributed by atoms with Gasteiger partial charge in [-0.15, -0.1) is 0 Å². The summed E-state index contributed by atoms with van der Waals surface area (Å²) in [5.74, 6) is 0. The Bertz CT molecular complexity index is 50.7. The van der Waals surface area contributed by atoms with E-state index in [4.69, 9.17) is 0 Å². The lowest BCUT2D eigenvalue weighted by Gasteiger charge is -1.95. The molecule has 1 fully saturated rings. The molecule has 0 unspecified atom stereocenters. The van der Waals surface area contributed by atoms with Crippen molar-refractivity contribution in [3.05, 3.63) is 0 Å². The van der Waals surface area contributed by atoms with Crippen LogP contribution in [0.15, 0.2) is 0 Å². The molecule has 1 aliphatic rings. The van der Waals surface area contributed by atoms with Crippen LogP contribution in [-0.4, -0.2) is 26.2 Å². The molecule has 0 aromatic carbocycles. The summed E-state index contributed by atoms with van der Waals surface area (Å²) >= 11 is 0. The first kappa shape index (κ1) is 9.92. The van der Waals surface area contributed by atoms with Crippen molar-refractivity contribution in [3.63, 3.8) is 0 Å². The quantitative estimate of drug-likeness (QED) is 0.573. The molecule has 10 heavy (non-hydrogen) atoms. The average Bonchev–Trinajstić information content (AvgIpc) is 2.43. The molecule has 0 aromatic rings. The lowest BCUT2D eigenvalue weighted by molar-refractivity contribution is 0.668. The third-order valence-corrected chi connectivity index (χ3v) is 1.53. The van der Waals surface area contributed by atoms with Crippen LogP contribution >= 0.6 is 0 Å². The second kappa shape index (κ2) is 7.03. The molecule has 2 nitrogen and oxygen atoms in total. The van der Waals surface area contributed by atoms with E-state index in [9.17, 15) is 0 Å². The van der Waals surface area contributed by atoms with Crippen LogP contribution in [0.5, 0.6) is 0 Å². The van der Waals surface area contributed by atoms with Crippen molar-refractivity contribution in [1.29, 1.82) is 0 Å². The van der Waals surface area contributed by atoms with Gasteiger partial charge < -0.3 is 10.6 Å². The minimum atomic E-state index is 0.634. The zero-order valence-electron chi connectivity index (χ0n) is 7.41. The zero-order chi connectivity index (χ0) is 7.82. The first-order chi connectivity index (χ1) is 4.77. The number of hydrogen-bond donors (Lipinski definition) is 2. The van der Waals surface area contributed by atoms with Crippen molar-refractivity contribution in [1.82, 2.24) is 10.6 Å². The Morgan fingerprint density at radius 3 is 1.70 bits per heavy atom. The predicted octanol–water partition coefficient (Wildman–Crippen LogP) is 0.984. The average molecular weight is 144 g/mol. The topological polar surface area (TPSA) is 24.1 Å². The Kier molecular flexibility index (Phi) is 6.98. The van der Waals surface area contributed by atoms with Crippen LogP contribution in [0.4, 0.5) is 0 Å². The van der Waals surface area contributed by atoms with Crippen molar-refractivity contribution in [2.75, 3.05) is 20.1 Å². The maximum Gasteiger partial charge on any atom is 0.000733 e. The van der Waals surface area contributed by atoms with E-state index in [1.165, 1.54) is 25.9 Å². The molecule has 1 rings (SSSR count). The summed E-state index contributed by atoms with van der Waals surface area (Å²) in [6.07, 6.45) is 2.78. The van der Waals surface area contributed by atoms with Gasteiger partial charge in [-0.3, -0.25) is 0 Å². The molecule has 1 saturated heterocycles. The van der Waals surface area contributed by atoms with Gasteiger partial charge in [0.25, 0.3) is 0 Å². The summed E-state index contributed by atoms with van der Waals surface area (Å²) in [4.78, 5) is 0. The first-order valence-electron chi connectivity index (χ1n) is 4.15. The molecule has 0 saturated carbocycles. The molecule has 0 amide bonds. The molecule has 0 aromatic heterocycles. The minimum absolute atomic E-state index is 0.634. The molecule has 0 bridgehead atoms. The van der Waals surface area contributed by atoms with Crippen molar-refractivity contribution < 1.29 is 0 Å². The summed E-state index contributed by atoms with van der Waals surface area (Å²) in [7, 11) is 1.95. The highest BCUT2D eigenvalue weighted by atomic mass is 14.9. The van der Waals surface area contributed by atoms with Gasteiger partial charge in [-0.1, -0.05) is 13.8 Å². The summed E-state index contributed by atoms with van der Waals surface area (Å²) in [5.41, 5.74) is 0. The molecule has 2 heteroatoms. The number of rotatable bonds is 1. The molecule has 1 heterocycles. The number of hydrogen-bond acceptors (Lipinski definition) is 2. The van der Waals surface area contributed by atoms with Crippen molar-refractivity contribution >= 4 is 0 Å². The Morgan fingerprint density at radius 2 is 1.60 bits per heavy atom. The fourth-order valence-corrected chi connectivity index (χ4v) is 0.625. The third-order valence-electron chi connectivity index (χ3n) is 1.53. The monoisotopic (exact) mass is 144 g/mol. The van der Waals surface area contributed by atoms with E-state index in [1.807, 2.05) is 7.05 Å². The van der Waals surface area contributed by atoms with Gasteiger partial charge in [0.05, 0.1) is 0 Å². The second-order valence-electron chi connectivity index (χ2n) is 2.90. The highest BCUT2D eigenvalue weighted by molar-refractivity contribution is 4.55. The van der Waals surface area contributed by atoms with Gasteiger partial charge in [0, 0.05) is 6.04 Å². The van der Waals surface area contributed by atoms with E-state index in [-0.39, 0.29) is 0 Å². The molecular formula is C8H20N2. The second-order valence-corrected chi connectivity index (χ2v) is 2.90. The van der Waals surface area contributed by atoms with Gasteiger partial charge in [0.2, 0.25) is 0 Å². The molecule has 0 spiro atoms. The summed E-state index contributed by atoms with van der Waals surface area (Å²) < 4.78 is 0. The van der Waals surface area contributed by atoms with Crippen LogP contribution in [0.25, 0.3) is 0 Å². The van der Waals surface area contributed by atoms with Crippen molar-refractivity contribution in [2.45, 2.75) is 32.7 Å². The highest BCUT2D eigenvalue weighted by Crippen LogP contribution is 1.90. The van der Waals surface area contributed by atoms with E-state index in [1.54, 1.807) is 0 Å². The highest BCUT2D eigenvalue weighted by Gasteiger charge is 1.93. The van der Waals surface area contributed by atoms with Crippen LogP contribution < -0.4 is 10.6 Å². The predicted molar refractivity (Wildman–Crippen MR) is 46.3 cm³/mol. The van der Waals surface area contributed by atoms with Crippen LogP contribution in [0.2, 0.25) is 0 Å². The molecular weight excluding hydrogens is 124 g/mol. The summed E-state index contributed by atoms with van der Waals surface area (Å²) in [5, 5.41) is 6.25. The van der Waals surface area contributed by atoms with Crippen LogP contribution in [0.1, 0.15) is 26.7 Å². The molecule has 1 aliphatic heterocycles. The van der Waals surface area contributed by atoms with Gasteiger partial charge in [-0.25, -0.2) is 0 Å². The molecule has 62 valence electrons. The van der Waals surface area contributed by atoms with E-state index in [0.717, 1.165) is 0 Å². The maximum absolute atomic E-state index is 3.22. The fourth-order valence-electron chi connectivity index (χ4n) is 0.625. The normalized spacial score (nSPS) is 16.8. The Hall–Kier alpha value is -0.0800. The first-order valence-corrected chi connectivity index (χ1v) is 4.15. The third kappa shape index (κ3) is 7.92. The van der Waals surface area contributed by atoms with Crippen molar-refractivity contribution in [2.24, 2.45) is 0 Å². The van der Waals surface area contributed by atoms with Crippen LogP contribution in [-0.2, 0) is 0 Å². The smallest absolute Gasteiger partial charge is 0.000733 e. The lowest BCUT2D eigenvalue weighted by atomic mass is 10.4. The van der Waals surface area contributed by atoms with Gasteiger partial charge in [0.15, 0.2) is 0 Å². The largest absolute Gasteiger partial charge is 0.318 e. The van der Waals surface area contributed by atoms with E-state index < -0.39 is 0 Å². The minimum Gasteiger partial charge on any atom is -0.318 e. The van der Waals surface area contributed by atoms with Crippen molar-refractivity contribution in [3.8, 4) is 0 Å². The molecule has 0 aliphatic carbocycles. The zero-order valence-corrected chi connectivity index (χ0v) is 7.41. The maximum atomic E-state index is 3.22. The Morgan fingerprint density at radius 1 is 1.20 bits per heavy atom. The molecule has 0 radical (unpaired) electrons. The van der Waals surface area contributed by atoms with E-state index in [2.05, 4.69) is 24.5 Å². The lowest BCUT2D eigenvalue weighted by Crippen LogP contribution is -2.15. The summed E-state index contributed by atoms with van der Waals surface area (Å²) in [6.45, 7) is 6.72.